The zero-order valence-corrected chi connectivity index (χ0v) is 17.5. The molecule has 1 heterocycles. The minimum atomic E-state index is 0. The van der Waals surface area contributed by atoms with E-state index in [9.17, 15) is 0 Å². The molecule has 1 aromatic heterocycles. The first-order valence-electron chi connectivity index (χ1n) is 8.51. The van der Waals surface area contributed by atoms with Gasteiger partial charge in [-0.3, -0.25) is 9.67 Å². The molecule has 0 amide bonds. The van der Waals surface area contributed by atoms with E-state index in [-0.39, 0.29) is 24.0 Å². The molecule has 0 bridgehead atoms. The highest BCUT2D eigenvalue weighted by atomic mass is 127. The van der Waals surface area contributed by atoms with E-state index in [4.69, 9.17) is 0 Å². The van der Waals surface area contributed by atoms with Gasteiger partial charge in [-0.05, 0) is 32.6 Å². The molecule has 5 nitrogen and oxygen atoms in total. The summed E-state index contributed by atoms with van der Waals surface area (Å²) < 4.78 is 1.94. The molecule has 2 N–H and O–H groups in total. The van der Waals surface area contributed by atoms with Crippen LogP contribution in [-0.2, 0) is 13.6 Å². The molecule has 0 aliphatic heterocycles. The SMILES string of the molecule is CCC1CCCC(NC(=NC)NCc2c(C)nn(C)c2C)C1.I. The first-order chi connectivity index (χ1) is 10.5. The van der Waals surface area contributed by atoms with E-state index in [2.05, 4.69) is 41.5 Å². The summed E-state index contributed by atoms with van der Waals surface area (Å²) in [5, 5.41) is 11.5. The van der Waals surface area contributed by atoms with Gasteiger partial charge in [-0.1, -0.05) is 26.2 Å². The molecule has 2 rings (SSSR count). The molecular weight excluding hydrogens is 401 g/mol. The van der Waals surface area contributed by atoms with Gasteiger partial charge in [0.15, 0.2) is 5.96 Å². The van der Waals surface area contributed by atoms with Gasteiger partial charge in [-0.15, -0.1) is 24.0 Å². The monoisotopic (exact) mass is 433 g/mol. The van der Waals surface area contributed by atoms with Gasteiger partial charge < -0.3 is 10.6 Å². The lowest BCUT2D eigenvalue weighted by atomic mass is 9.84. The second-order valence-electron chi connectivity index (χ2n) is 6.48. The molecule has 2 atom stereocenters. The summed E-state index contributed by atoms with van der Waals surface area (Å²) in [5.74, 6) is 1.77. The summed E-state index contributed by atoms with van der Waals surface area (Å²) in [6.07, 6.45) is 6.52. The van der Waals surface area contributed by atoms with Gasteiger partial charge in [0, 0.05) is 37.9 Å². The van der Waals surface area contributed by atoms with Gasteiger partial charge >= 0.3 is 0 Å². The topological polar surface area (TPSA) is 54.2 Å². The van der Waals surface area contributed by atoms with Crippen LogP contribution in [0, 0.1) is 19.8 Å². The van der Waals surface area contributed by atoms with Crippen molar-refractivity contribution in [1.82, 2.24) is 20.4 Å². The third kappa shape index (κ3) is 5.36. The lowest BCUT2D eigenvalue weighted by Gasteiger charge is -2.30. The Bertz CT molecular complexity index is 523. The van der Waals surface area contributed by atoms with Crippen LogP contribution in [-0.4, -0.2) is 28.8 Å². The van der Waals surface area contributed by atoms with E-state index < -0.39 is 0 Å². The van der Waals surface area contributed by atoms with E-state index in [1.165, 1.54) is 43.4 Å². The Morgan fingerprint density at radius 2 is 2.09 bits per heavy atom. The van der Waals surface area contributed by atoms with Gasteiger partial charge in [0.2, 0.25) is 0 Å². The van der Waals surface area contributed by atoms with Gasteiger partial charge in [-0.2, -0.15) is 5.10 Å². The van der Waals surface area contributed by atoms with E-state index in [1.54, 1.807) is 0 Å². The first-order valence-corrected chi connectivity index (χ1v) is 8.51. The fourth-order valence-corrected chi connectivity index (χ4v) is 3.43. The van der Waals surface area contributed by atoms with Crippen molar-refractivity contribution in [2.45, 2.75) is 65.5 Å². The van der Waals surface area contributed by atoms with Crippen molar-refractivity contribution in [1.29, 1.82) is 0 Å². The third-order valence-electron chi connectivity index (χ3n) is 5.02. The van der Waals surface area contributed by atoms with E-state index in [1.807, 2.05) is 18.8 Å². The molecule has 1 aliphatic rings. The number of hydrogen-bond donors (Lipinski definition) is 2. The lowest BCUT2D eigenvalue weighted by molar-refractivity contribution is 0.298. The van der Waals surface area contributed by atoms with Crippen LogP contribution in [0.25, 0.3) is 0 Å². The largest absolute Gasteiger partial charge is 0.354 e. The van der Waals surface area contributed by atoms with Crippen molar-refractivity contribution in [3.8, 4) is 0 Å². The van der Waals surface area contributed by atoms with Crippen LogP contribution in [0.5, 0.6) is 0 Å². The molecule has 0 spiro atoms. The predicted octanol–water partition coefficient (Wildman–Crippen LogP) is 3.29. The molecular formula is C17H32IN5. The van der Waals surface area contributed by atoms with Crippen LogP contribution < -0.4 is 10.6 Å². The summed E-state index contributed by atoms with van der Waals surface area (Å²) in [4.78, 5) is 4.38. The Morgan fingerprint density at radius 3 is 2.65 bits per heavy atom. The normalized spacial score (nSPS) is 21.7. The Hall–Kier alpha value is -0.790. The van der Waals surface area contributed by atoms with Crippen molar-refractivity contribution >= 4 is 29.9 Å². The Labute approximate surface area is 157 Å². The Kier molecular flexibility index (Phi) is 8.36. The minimum absolute atomic E-state index is 0. The summed E-state index contributed by atoms with van der Waals surface area (Å²) in [5.41, 5.74) is 3.57. The van der Waals surface area contributed by atoms with Crippen LogP contribution in [0.3, 0.4) is 0 Å². The smallest absolute Gasteiger partial charge is 0.191 e. The molecule has 23 heavy (non-hydrogen) atoms. The van der Waals surface area contributed by atoms with Crippen LogP contribution >= 0.6 is 24.0 Å². The second-order valence-corrected chi connectivity index (χ2v) is 6.48. The molecule has 2 unspecified atom stereocenters. The minimum Gasteiger partial charge on any atom is -0.354 e. The molecule has 1 aliphatic carbocycles. The molecule has 0 aromatic carbocycles. The van der Waals surface area contributed by atoms with E-state index in [0.717, 1.165) is 24.1 Å². The first kappa shape index (κ1) is 20.3. The maximum atomic E-state index is 4.47. The molecule has 1 fully saturated rings. The fourth-order valence-electron chi connectivity index (χ4n) is 3.43. The maximum absolute atomic E-state index is 4.47. The molecule has 0 saturated heterocycles. The molecule has 1 saturated carbocycles. The average Bonchev–Trinajstić information content (AvgIpc) is 2.77. The number of aliphatic imine (C=N–C) groups is 1. The summed E-state index contributed by atoms with van der Waals surface area (Å²) >= 11 is 0. The Morgan fingerprint density at radius 1 is 1.35 bits per heavy atom. The number of halogens is 1. The number of hydrogen-bond acceptors (Lipinski definition) is 2. The zero-order chi connectivity index (χ0) is 16.1. The van der Waals surface area contributed by atoms with Gasteiger partial charge in [-0.25, -0.2) is 0 Å². The zero-order valence-electron chi connectivity index (χ0n) is 15.1. The van der Waals surface area contributed by atoms with Crippen molar-refractivity contribution < 1.29 is 0 Å². The number of aromatic nitrogens is 2. The summed E-state index contributed by atoms with van der Waals surface area (Å²) in [7, 11) is 3.84. The van der Waals surface area contributed by atoms with E-state index in [0.29, 0.717) is 6.04 Å². The van der Waals surface area contributed by atoms with Gasteiger partial charge in [0.1, 0.15) is 0 Å². The van der Waals surface area contributed by atoms with Crippen molar-refractivity contribution in [2.24, 2.45) is 18.0 Å². The molecule has 6 heteroatoms. The highest BCUT2D eigenvalue weighted by Gasteiger charge is 2.21. The number of nitrogens with zero attached hydrogens (tertiary/aromatic N) is 3. The fraction of sp³-hybridized carbons (Fsp3) is 0.765. The van der Waals surface area contributed by atoms with Crippen LogP contribution in [0.15, 0.2) is 4.99 Å². The highest BCUT2D eigenvalue weighted by molar-refractivity contribution is 14.0. The lowest BCUT2D eigenvalue weighted by Crippen LogP contribution is -2.45. The van der Waals surface area contributed by atoms with Gasteiger partial charge in [0.05, 0.1) is 5.69 Å². The number of rotatable bonds is 4. The number of nitrogens with one attached hydrogen (secondary N) is 2. The summed E-state index contributed by atoms with van der Waals surface area (Å²) in [6.45, 7) is 7.25. The number of guanidine groups is 1. The standard InChI is InChI=1S/C17H31N5.HI/c1-6-14-8-7-9-15(10-14)20-17(18-4)19-11-16-12(2)21-22(5)13(16)3;/h14-15H,6-11H2,1-5H3,(H2,18,19,20);1H. The highest BCUT2D eigenvalue weighted by Crippen LogP contribution is 2.26. The van der Waals surface area contributed by atoms with Crippen LogP contribution in [0.1, 0.15) is 56.0 Å². The van der Waals surface area contributed by atoms with E-state index >= 15 is 0 Å². The van der Waals surface area contributed by atoms with Gasteiger partial charge in [0.25, 0.3) is 0 Å². The molecule has 0 radical (unpaired) electrons. The van der Waals surface area contributed by atoms with Crippen molar-refractivity contribution in [3.05, 3.63) is 17.0 Å². The number of aryl methyl sites for hydroxylation is 2. The summed E-state index contributed by atoms with van der Waals surface area (Å²) in [6, 6.07) is 0.556. The van der Waals surface area contributed by atoms with Crippen LogP contribution in [0.4, 0.5) is 0 Å². The van der Waals surface area contributed by atoms with Crippen molar-refractivity contribution in [3.63, 3.8) is 0 Å². The second kappa shape index (κ2) is 9.49. The molecule has 132 valence electrons. The Balaban J connectivity index is 0.00000264. The quantitative estimate of drug-likeness (QED) is 0.435. The third-order valence-corrected chi connectivity index (χ3v) is 5.02. The average molecular weight is 433 g/mol. The van der Waals surface area contributed by atoms with Crippen LogP contribution in [0.2, 0.25) is 0 Å². The molecule has 1 aromatic rings. The maximum Gasteiger partial charge on any atom is 0.191 e. The predicted molar refractivity (Wildman–Crippen MR) is 107 cm³/mol. The van der Waals surface area contributed by atoms with Crippen molar-refractivity contribution in [2.75, 3.05) is 7.05 Å².